The molecule has 0 amide bonds. The molecule has 0 saturated heterocycles. The van der Waals surface area contributed by atoms with E-state index >= 15 is 0 Å². The highest BCUT2D eigenvalue weighted by molar-refractivity contribution is 9.10. The van der Waals surface area contributed by atoms with Crippen LogP contribution in [-0.4, -0.2) is 13.3 Å². The number of hydrogen-bond acceptors (Lipinski definition) is 2. The van der Waals surface area contributed by atoms with Crippen LogP contribution in [0, 0.1) is 0 Å². The van der Waals surface area contributed by atoms with Crippen LogP contribution in [0.5, 0.6) is 5.75 Å². The lowest BCUT2D eigenvalue weighted by Gasteiger charge is -2.02. The molecule has 0 aliphatic carbocycles. The fourth-order valence-corrected chi connectivity index (χ4v) is 3.94. The monoisotopic (exact) mass is 398 g/mol. The third-order valence-electron chi connectivity index (χ3n) is 3.26. The first-order chi connectivity index (χ1) is 10.7. The quantitative estimate of drug-likeness (QED) is 0.492. The third kappa shape index (κ3) is 3.62. The van der Waals surface area contributed by atoms with E-state index in [1.54, 1.807) is 11.3 Å². The molecule has 3 rings (SSSR count). The summed E-state index contributed by atoms with van der Waals surface area (Å²) in [5.41, 5.74) is 1.09. The molecule has 22 heavy (non-hydrogen) atoms. The number of hydrogen-bond donors (Lipinski definition) is 0. The van der Waals surface area contributed by atoms with E-state index in [-0.39, 0.29) is 6.61 Å². The summed E-state index contributed by atoms with van der Waals surface area (Å²) < 4.78 is 19.7. The van der Waals surface area contributed by atoms with Crippen molar-refractivity contribution in [3.8, 4) is 5.75 Å². The van der Waals surface area contributed by atoms with Gasteiger partial charge in [0.25, 0.3) is 0 Å². The zero-order valence-electron chi connectivity index (χ0n) is 11.6. The van der Waals surface area contributed by atoms with Crippen LogP contribution in [0.25, 0.3) is 10.1 Å². The van der Waals surface area contributed by atoms with Crippen molar-refractivity contribution in [1.82, 2.24) is 0 Å². The lowest BCUT2D eigenvalue weighted by molar-refractivity contribution is 0.273. The van der Waals surface area contributed by atoms with Gasteiger partial charge in [-0.3, -0.25) is 0 Å². The van der Waals surface area contributed by atoms with Gasteiger partial charge < -0.3 is 4.74 Å². The molecule has 0 N–H and O–H groups in total. The van der Waals surface area contributed by atoms with E-state index in [4.69, 9.17) is 16.3 Å². The van der Waals surface area contributed by atoms with Crippen LogP contribution >= 0.6 is 38.9 Å². The molecule has 114 valence electrons. The van der Waals surface area contributed by atoms with E-state index in [9.17, 15) is 4.39 Å². The van der Waals surface area contributed by atoms with E-state index < -0.39 is 6.67 Å². The Kier molecular flexibility index (Phi) is 5.01. The number of benzene rings is 2. The molecule has 0 aliphatic heterocycles. The molecule has 0 radical (unpaired) electrons. The van der Waals surface area contributed by atoms with Gasteiger partial charge in [-0.05, 0) is 53.4 Å². The maximum absolute atomic E-state index is 12.2. The maximum Gasteiger partial charge on any atom is 0.123 e. The van der Waals surface area contributed by atoms with Crippen molar-refractivity contribution in [3.63, 3.8) is 0 Å². The second-order valence-electron chi connectivity index (χ2n) is 4.86. The van der Waals surface area contributed by atoms with Crippen LogP contribution in [-0.2, 0) is 6.42 Å². The third-order valence-corrected chi connectivity index (χ3v) is 5.24. The maximum atomic E-state index is 12.2. The van der Waals surface area contributed by atoms with Gasteiger partial charge in [0.05, 0.1) is 0 Å². The van der Waals surface area contributed by atoms with E-state index in [0.717, 1.165) is 26.9 Å². The minimum Gasteiger partial charge on any atom is -0.491 e. The zero-order chi connectivity index (χ0) is 15.5. The first-order valence-corrected chi connectivity index (χ1v) is 8.79. The Morgan fingerprint density at radius 1 is 1.14 bits per heavy atom. The predicted molar refractivity (Wildman–Crippen MR) is 95.3 cm³/mol. The first-order valence-electron chi connectivity index (χ1n) is 6.81. The summed E-state index contributed by atoms with van der Waals surface area (Å²) in [7, 11) is 0. The molecule has 0 atom stereocenters. The van der Waals surface area contributed by atoms with Gasteiger partial charge >= 0.3 is 0 Å². The average molecular weight is 400 g/mol. The summed E-state index contributed by atoms with van der Waals surface area (Å²) in [4.78, 5) is 1.23. The summed E-state index contributed by atoms with van der Waals surface area (Å²) in [5.74, 6) is 0.704. The molecule has 0 bridgehead atoms. The fourth-order valence-electron chi connectivity index (χ4n) is 2.28. The van der Waals surface area contributed by atoms with Crippen molar-refractivity contribution in [2.24, 2.45) is 0 Å². The number of thiophene rings is 1. The highest BCUT2D eigenvalue weighted by atomic mass is 79.9. The van der Waals surface area contributed by atoms with Crippen LogP contribution in [0.15, 0.2) is 46.9 Å². The molecule has 0 aliphatic rings. The van der Waals surface area contributed by atoms with Crippen molar-refractivity contribution in [2.75, 3.05) is 13.3 Å². The van der Waals surface area contributed by atoms with Crippen LogP contribution in [0.2, 0.25) is 5.02 Å². The van der Waals surface area contributed by atoms with Crippen molar-refractivity contribution in [3.05, 3.63) is 62.4 Å². The van der Waals surface area contributed by atoms with Crippen molar-refractivity contribution >= 4 is 49.0 Å². The summed E-state index contributed by atoms with van der Waals surface area (Å²) in [6.45, 7) is -0.384. The lowest BCUT2D eigenvalue weighted by atomic mass is 10.1. The Bertz CT molecular complexity index is 802. The molecule has 1 heterocycles. The van der Waals surface area contributed by atoms with Crippen LogP contribution in [0.1, 0.15) is 10.4 Å². The summed E-state index contributed by atoms with van der Waals surface area (Å²) in [6, 6.07) is 13.9. The molecule has 2 aromatic carbocycles. The number of rotatable bonds is 5. The van der Waals surface area contributed by atoms with Crippen LogP contribution < -0.4 is 4.74 Å². The van der Waals surface area contributed by atoms with Gasteiger partial charge in [-0.1, -0.05) is 27.5 Å². The van der Waals surface area contributed by atoms with Crippen LogP contribution in [0.4, 0.5) is 4.39 Å². The van der Waals surface area contributed by atoms with Crippen molar-refractivity contribution < 1.29 is 9.13 Å². The second-order valence-corrected chi connectivity index (χ2v) is 7.35. The Morgan fingerprint density at radius 3 is 2.82 bits per heavy atom. The minimum absolute atomic E-state index is 0.0934. The van der Waals surface area contributed by atoms with E-state index in [1.807, 2.05) is 36.4 Å². The molecular weight excluding hydrogens is 387 g/mol. The summed E-state index contributed by atoms with van der Waals surface area (Å²) >= 11 is 11.5. The number of halogens is 3. The van der Waals surface area contributed by atoms with Gasteiger partial charge in [-0.15, -0.1) is 11.3 Å². The Labute approximate surface area is 145 Å². The van der Waals surface area contributed by atoms with E-state index in [1.165, 1.54) is 9.58 Å². The molecule has 0 unspecified atom stereocenters. The average Bonchev–Trinajstić information content (AvgIpc) is 2.90. The lowest BCUT2D eigenvalue weighted by Crippen LogP contribution is -1.97. The standard InChI is InChI=1S/C17H13BrClFOS/c18-13-1-3-16(19)11(7-13)9-15-10-12-8-14(21-6-5-20)2-4-17(12)22-15/h1-4,7-8,10H,5-6,9H2. The largest absolute Gasteiger partial charge is 0.491 e. The van der Waals surface area contributed by atoms with Gasteiger partial charge in [0.15, 0.2) is 0 Å². The molecule has 5 heteroatoms. The number of alkyl halides is 1. The number of fused-ring (bicyclic) bond motifs is 1. The summed E-state index contributed by atoms with van der Waals surface area (Å²) in [5, 5.41) is 1.88. The Balaban J connectivity index is 1.86. The van der Waals surface area contributed by atoms with Gasteiger partial charge in [0, 0.05) is 25.5 Å². The molecule has 1 nitrogen and oxygen atoms in total. The second kappa shape index (κ2) is 6.99. The van der Waals surface area contributed by atoms with E-state index in [2.05, 4.69) is 22.0 Å². The fraction of sp³-hybridized carbons (Fsp3) is 0.176. The van der Waals surface area contributed by atoms with Gasteiger partial charge in [0.1, 0.15) is 19.0 Å². The Morgan fingerprint density at radius 2 is 2.00 bits per heavy atom. The smallest absolute Gasteiger partial charge is 0.123 e. The highest BCUT2D eigenvalue weighted by Gasteiger charge is 2.07. The predicted octanol–water partition coefficient (Wildman–Crippen LogP) is 6.26. The summed E-state index contributed by atoms with van der Waals surface area (Å²) in [6.07, 6.45) is 0.790. The highest BCUT2D eigenvalue weighted by Crippen LogP contribution is 2.32. The molecule has 3 aromatic rings. The molecular formula is C17H13BrClFOS. The number of ether oxygens (including phenoxy) is 1. The Hall–Kier alpha value is -1.10. The normalized spacial score (nSPS) is 11.0. The molecule has 1 aromatic heterocycles. The van der Waals surface area contributed by atoms with Crippen molar-refractivity contribution in [1.29, 1.82) is 0 Å². The SMILES string of the molecule is FCCOc1ccc2sc(Cc3cc(Br)ccc3Cl)cc2c1. The minimum atomic E-state index is -0.478. The molecule has 0 fully saturated rings. The molecule has 0 saturated carbocycles. The zero-order valence-corrected chi connectivity index (χ0v) is 14.8. The first kappa shape index (κ1) is 15.8. The van der Waals surface area contributed by atoms with E-state index in [0.29, 0.717) is 5.75 Å². The topological polar surface area (TPSA) is 9.23 Å². The van der Waals surface area contributed by atoms with Gasteiger partial charge in [-0.2, -0.15) is 0 Å². The van der Waals surface area contributed by atoms with Gasteiger partial charge in [0.2, 0.25) is 0 Å². The van der Waals surface area contributed by atoms with Gasteiger partial charge in [-0.25, -0.2) is 4.39 Å². The molecule has 0 spiro atoms. The van der Waals surface area contributed by atoms with Crippen molar-refractivity contribution in [2.45, 2.75) is 6.42 Å². The van der Waals surface area contributed by atoms with Crippen LogP contribution in [0.3, 0.4) is 0 Å².